The lowest BCUT2D eigenvalue weighted by Gasteiger charge is -2.59. The van der Waals surface area contributed by atoms with Gasteiger partial charge in [0.25, 0.3) is 0 Å². The Labute approximate surface area is 177 Å². The third-order valence-electron chi connectivity index (χ3n) is 7.20. The first-order valence-corrected chi connectivity index (χ1v) is 10.8. The van der Waals surface area contributed by atoms with Crippen molar-refractivity contribution in [1.82, 2.24) is 0 Å². The summed E-state index contributed by atoms with van der Waals surface area (Å²) in [4.78, 5) is 37.4. The van der Waals surface area contributed by atoms with Gasteiger partial charge in [-0.25, -0.2) is 0 Å². The molecule has 3 atom stereocenters. The van der Waals surface area contributed by atoms with Gasteiger partial charge in [0.15, 0.2) is 11.5 Å². The molecule has 162 valence electrons. The van der Waals surface area contributed by atoms with Crippen molar-refractivity contribution >= 4 is 17.9 Å². The molecule has 2 aliphatic carbocycles. The Morgan fingerprint density at radius 2 is 1.73 bits per heavy atom. The maximum Gasteiger partial charge on any atom is 0.317 e. The standard InChI is InChI=1S/C24H30O6/c1-12(2)15-10-16-17-11-18-23(5,6)8-7-9-24(18,22(27)30-17)19(16)21(29-14(4)26)20(15)28-13(3)25/h10,12,17-18H,7-9,11H2,1-6H3. The molecule has 0 radical (unpaired) electrons. The van der Waals surface area contributed by atoms with Crippen molar-refractivity contribution in [2.45, 2.75) is 84.7 Å². The molecule has 6 heteroatoms. The van der Waals surface area contributed by atoms with Gasteiger partial charge in [0.2, 0.25) is 0 Å². The van der Waals surface area contributed by atoms with Gasteiger partial charge < -0.3 is 14.2 Å². The van der Waals surface area contributed by atoms with E-state index in [9.17, 15) is 14.4 Å². The van der Waals surface area contributed by atoms with Crippen molar-refractivity contribution < 1.29 is 28.6 Å². The quantitative estimate of drug-likeness (QED) is 0.526. The molecular weight excluding hydrogens is 384 g/mol. The third-order valence-corrected chi connectivity index (χ3v) is 7.20. The summed E-state index contributed by atoms with van der Waals surface area (Å²) >= 11 is 0. The topological polar surface area (TPSA) is 78.9 Å². The van der Waals surface area contributed by atoms with Crippen LogP contribution in [0.2, 0.25) is 0 Å². The molecule has 30 heavy (non-hydrogen) atoms. The van der Waals surface area contributed by atoms with E-state index in [1.165, 1.54) is 13.8 Å². The molecule has 1 aromatic rings. The lowest BCUT2D eigenvalue weighted by Crippen LogP contribution is -2.60. The van der Waals surface area contributed by atoms with Crippen LogP contribution >= 0.6 is 0 Å². The van der Waals surface area contributed by atoms with Crippen molar-refractivity contribution in [3.05, 3.63) is 22.8 Å². The van der Waals surface area contributed by atoms with Gasteiger partial charge in [-0.2, -0.15) is 0 Å². The molecule has 2 heterocycles. The van der Waals surface area contributed by atoms with Crippen LogP contribution in [0.3, 0.4) is 0 Å². The SMILES string of the molecule is CC(=O)Oc1c(C(C)C)cc2c(c1OC(C)=O)C13CCCC(C)(C)C1CC2OC3=O. The second-order valence-corrected chi connectivity index (χ2v) is 9.93. The zero-order valence-electron chi connectivity index (χ0n) is 18.6. The van der Waals surface area contributed by atoms with E-state index in [1.807, 2.05) is 19.9 Å². The van der Waals surface area contributed by atoms with Gasteiger partial charge >= 0.3 is 17.9 Å². The molecule has 1 saturated heterocycles. The Morgan fingerprint density at radius 3 is 2.33 bits per heavy atom. The summed E-state index contributed by atoms with van der Waals surface area (Å²) in [5.41, 5.74) is 1.41. The number of rotatable bonds is 3. The summed E-state index contributed by atoms with van der Waals surface area (Å²) in [6.07, 6.45) is 2.91. The summed E-state index contributed by atoms with van der Waals surface area (Å²) in [6, 6.07) is 1.99. The van der Waals surface area contributed by atoms with Crippen molar-refractivity contribution in [3.8, 4) is 11.5 Å². The molecular formula is C24H30O6. The molecule has 1 saturated carbocycles. The van der Waals surface area contributed by atoms with E-state index in [2.05, 4.69) is 13.8 Å². The highest BCUT2D eigenvalue weighted by Crippen LogP contribution is 2.66. The van der Waals surface area contributed by atoms with Crippen molar-refractivity contribution in [3.63, 3.8) is 0 Å². The number of esters is 3. The molecule has 5 rings (SSSR count). The fraction of sp³-hybridized carbons (Fsp3) is 0.625. The largest absolute Gasteiger partial charge is 0.457 e. The lowest BCUT2D eigenvalue weighted by molar-refractivity contribution is -0.185. The molecule has 1 spiro atoms. The molecule has 4 aliphatic rings. The van der Waals surface area contributed by atoms with E-state index in [4.69, 9.17) is 14.2 Å². The minimum absolute atomic E-state index is 0.0196. The van der Waals surface area contributed by atoms with Crippen LogP contribution in [0.4, 0.5) is 0 Å². The van der Waals surface area contributed by atoms with Gasteiger partial charge in [-0.3, -0.25) is 14.4 Å². The predicted molar refractivity (Wildman–Crippen MR) is 109 cm³/mol. The Bertz CT molecular complexity index is 944. The van der Waals surface area contributed by atoms with Gasteiger partial charge in [-0.1, -0.05) is 34.1 Å². The molecule has 0 aromatic heterocycles. The smallest absolute Gasteiger partial charge is 0.317 e. The fourth-order valence-corrected chi connectivity index (χ4v) is 6.01. The highest BCUT2D eigenvalue weighted by atomic mass is 16.6. The van der Waals surface area contributed by atoms with Crippen molar-refractivity contribution in [2.75, 3.05) is 0 Å². The zero-order chi connectivity index (χ0) is 22.0. The van der Waals surface area contributed by atoms with Gasteiger partial charge in [-0.05, 0) is 42.6 Å². The molecule has 2 aliphatic heterocycles. The Hall–Kier alpha value is -2.37. The summed E-state index contributed by atoms with van der Waals surface area (Å²) in [5.74, 6) is -0.681. The van der Waals surface area contributed by atoms with Crippen molar-refractivity contribution in [2.24, 2.45) is 11.3 Å². The van der Waals surface area contributed by atoms with E-state index < -0.39 is 17.4 Å². The lowest BCUT2D eigenvalue weighted by atomic mass is 9.47. The van der Waals surface area contributed by atoms with Crippen LogP contribution < -0.4 is 9.47 Å². The number of benzene rings is 1. The first-order valence-electron chi connectivity index (χ1n) is 10.8. The summed E-state index contributed by atoms with van der Waals surface area (Å²) in [5, 5.41) is 0. The number of hydrogen-bond acceptors (Lipinski definition) is 6. The normalized spacial score (nSPS) is 28.4. The Morgan fingerprint density at radius 1 is 1.10 bits per heavy atom. The maximum absolute atomic E-state index is 13.4. The van der Waals surface area contributed by atoms with Crippen LogP contribution in [0, 0.1) is 11.3 Å². The van der Waals surface area contributed by atoms with E-state index in [-0.39, 0.29) is 40.8 Å². The second kappa shape index (κ2) is 6.82. The average molecular weight is 414 g/mol. The molecule has 6 nitrogen and oxygen atoms in total. The van der Waals surface area contributed by atoms with Crippen molar-refractivity contribution in [1.29, 1.82) is 0 Å². The number of ether oxygens (including phenoxy) is 3. The first kappa shape index (κ1) is 20.9. The fourth-order valence-electron chi connectivity index (χ4n) is 6.01. The van der Waals surface area contributed by atoms with E-state index in [1.54, 1.807) is 0 Å². The second-order valence-electron chi connectivity index (χ2n) is 9.93. The van der Waals surface area contributed by atoms with Gasteiger partial charge in [0.05, 0.1) is 0 Å². The molecule has 2 bridgehead atoms. The molecule has 2 fully saturated rings. The summed E-state index contributed by atoms with van der Waals surface area (Å²) in [7, 11) is 0. The highest BCUT2D eigenvalue weighted by molar-refractivity contribution is 5.91. The third kappa shape index (κ3) is 2.87. The van der Waals surface area contributed by atoms with Crippen LogP contribution in [-0.4, -0.2) is 17.9 Å². The van der Waals surface area contributed by atoms with Crippen LogP contribution in [-0.2, 0) is 24.5 Å². The Kier molecular flexibility index (Phi) is 4.75. The number of carbonyl (C=O) groups excluding carboxylic acids is 3. The summed E-state index contributed by atoms with van der Waals surface area (Å²) in [6.45, 7) is 11.0. The van der Waals surface area contributed by atoms with Gasteiger partial charge in [0.1, 0.15) is 11.5 Å². The van der Waals surface area contributed by atoms with Crippen LogP contribution in [0.25, 0.3) is 0 Å². The van der Waals surface area contributed by atoms with Crippen LogP contribution in [0.5, 0.6) is 11.5 Å². The van der Waals surface area contributed by atoms with Crippen LogP contribution in [0.1, 0.15) is 95.9 Å². The van der Waals surface area contributed by atoms with E-state index >= 15 is 0 Å². The molecule has 0 amide bonds. The number of fused-ring (bicyclic) bond motifs is 1. The monoisotopic (exact) mass is 414 g/mol. The zero-order valence-corrected chi connectivity index (χ0v) is 18.6. The molecule has 3 unspecified atom stereocenters. The predicted octanol–water partition coefficient (Wildman–Crippen LogP) is 4.73. The molecule has 1 aromatic carbocycles. The first-order chi connectivity index (χ1) is 14.0. The summed E-state index contributed by atoms with van der Waals surface area (Å²) < 4.78 is 17.2. The van der Waals surface area contributed by atoms with Crippen LogP contribution in [0.15, 0.2) is 6.07 Å². The molecule has 0 N–H and O–H groups in total. The highest BCUT2D eigenvalue weighted by Gasteiger charge is 2.65. The van der Waals surface area contributed by atoms with Gasteiger partial charge in [0, 0.05) is 30.5 Å². The average Bonchev–Trinajstić information content (AvgIpc) is 2.62. The Balaban J connectivity index is 2.08. The maximum atomic E-state index is 13.4. The number of hydrogen-bond donors (Lipinski definition) is 0. The minimum Gasteiger partial charge on any atom is -0.457 e. The number of carbonyl (C=O) groups is 3. The van der Waals surface area contributed by atoms with E-state index in [0.717, 1.165) is 30.4 Å². The van der Waals surface area contributed by atoms with E-state index in [0.29, 0.717) is 12.0 Å². The van der Waals surface area contributed by atoms with Gasteiger partial charge in [-0.15, -0.1) is 0 Å². The minimum atomic E-state index is -0.888.